The van der Waals surface area contributed by atoms with Gasteiger partial charge in [-0.15, -0.1) is 24.0 Å². The van der Waals surface area contributed by atoms with E-state index < -0.39 is 10.8 Å². The number of rotatable bonds is 5. The number of nitrogens with one attached hydrogen (secondary N) is 1. The predicted octanol–water partition coefficient (Wildman–Crippen LogP) is 3.11. The third-order valence-corrected chi connectivity index (χ3v) is 5.48. The van der Waals surface area contributed by atoms with Gasteiger partial charge in [-0.3, -0.25) is 9.20 Å². The number of guanidine groups is 1. The van der Waals surface area contributed by atoms with Crippen LogP contribution in [-0.4, -0.2) is 47.5 Å². The highest BCUT2D eigenvalue weighted by Crippen LogP contribution is 2.20. The van der Waals surface area contributed by atoms with Crippen molar-refractivity contribution in [2.75, 3.05) is 32.4 Å². The van der Waals surface area contributed by atoms with E-state index in [0.29, 0.717) is 29.9 Å². The number of aliphatic imine (C=N–C) groups is 1. The molecule has 1 aromatic carbocycles. The van der Waals surface area contributed by atoms with Crippen LogP contribution in [0.4, 0.5) is 0 Å². The van der Waals surface area contributed by atoms with E-state index in [0.717, 1.165) is 24.6 Å². The van der Waals surface area contributed by atoms with E-state index in [-0.39, 0.29) is 24.0 Å². The molecule has 1 aliphatic heterocycles. The number of nitrogens with zero attached hydrogens (tertiary/aromatic N) is 2. The highest BCUT2D eigenvalue weighted by Gasteiger charge is 2.23. The lowest BCUT2D eigenvalue weighted by Crippen LogP contribution is -2.49. The first kappa shape index (κ1) is 21.4. The maximum Gasteiger partial charge on any atom is 0.193 e. The minimum Gasteiger partial charge on any atom is -0.355 e. The van der Waals surface area contributed by atoms with Crippen LogP contribution in [-0.2, 0) is 16.6 Å². The lowest BCUT2D eigenvalue weighted by atomic mass is 9.92. The minimum absolute atomic E-state index is 0. The van der Waals surface area contributed by atoms with Gasteiger partial charge in [-0.2, -0.15) is 0 Å². The standard InChI is InChI=1S/C18H29N3OS.HI/c1-15-11-16(2)13-21(12-15)18(19-3)20-9-10-23(22)14-17-7-5-4-6-8-17;/h4-8,15-16H,9-14H2,1-3H3,(H,19,20);1H. The molecule has 0 radical (unpaired) electrons. The van der Waals surface area contributed by atoms with Crippen molar-refractivity contribution in [2.45, 2.75) is 26.0 Å². The summed E-state index contributed by atoms with van der Waals surface area (Å²) in [6.45, 7) is 7.40. The van der Waals surface area contributed by atoms with Gasteiger partial charge in [0.25, 0.3) is 0 Å². The normalized spacial score (nSPS) is 22.6. The van der Waals surface area contributed by atoms with Gasteiger partial charge in [-0.05, 0) is 23.8 Å². The Kier molecular flexibility index (Phi) is 9.88. The molecule has 1 aliphatic rings. The Morgan fingerprint density at radius 3 is 2.46 bits per heavy atom. The Bertz CT molecular complexity index is 528. The van der Waals surface area contributed by atoms with Crippen molar-refractivity contribution >= 4 is 40.7 Å². The molecule has 0 spiro atoms. The van der Waals surface area contributed by atoms with Crippen LogP contribution in [0.5, 0.6) is 0 Å². The summed E-state index contributed by atoms with van der Waals surface area (Å²) in [6, 6.07) is 10.0. The summed E-state index contributed by atoms with van der Waals surface area (Å²) in [4.78, 5) is 6.73. The summed E-state index contributed by atoms with van der Waals surface area (Å²) in [6.07, 6.45) is 1.29. The van der Waals surface area contributed by atoms with Gasteiger partial charge in [-0.1, -0.05) is 44.2 Å². The van der Waals surface area contributed by atoms with Crippen molar-refractivity contribution in [2.24, 2.45) is 16.8 Å². The fourth-order valence-electron chi connectivity index (χ4n) is 3.28. The molecule has 0 saturated carbocycles. The van der Waals surface area contributed by atoms with Crippen LogP contribution in [0.3, 0.4) is 0 Å². The lowest BCUT2D eigenvalue weighted by Gasteiger charge is -2.37. The van der Waals surface area contributed by atoms with Crippen LogP contribution in [0.25, 0.3) is 0 Å². The fraction of sp³-hybridized carbons (Fsp3) is 0.611. The van der Waals surface area contributed by atoms with Crippen molar-refractivity contribution < 1.29 is 4.21 Å². The van der Waals surface area contributed by atoms with E-state index in [1.807, 2.05) is 37.4 Å². The predicted molar refractivity (Wildman–Crippen MR) is 114 cm³/mol. The number of hydrogen-bond donors (Lipinski definition) is 1. The first-order chi connectivity index (χ1) is 11.1. The number of likely N-dealkylation sites (tertiary alicyclic amines) is 1. The highest BCUT2D eigenvalue weighted by molar-refractivity contribution is 14.0. The first-order valence-electron chi connectivity index (χ1n) is 8.43. The Hall–Kier alpha value is -0.630. The molecule has 4 nitrogen and oxygen atoms in total. The van der Waals surface area contributed by atoms with Crippen LogP contribution in [0.15, 0.2) is 35.3 Å². The monoisotopic (exact) mass is 463 g/mol. The molecule has 3 atom stereocenters. The zero-order chi connectivity index (χ0) is 16.7. The summed E-state index contributed by atoms with van der Waals surface area (Å²) in [7, 11) is 0.982. The second-order valence-electron chi connectivity index (χ2n) is 6.60. The first-order valence-corrected chi connectivity index (χ1v) is 9.91. The Labute approximate surface area is 166 Å². The van der Waals surface area contributed by atoms with Gasteiger partial charge in [0.05, 0.1) is 0 Å². The van der Waals surface area contributed by atoms with Gasteiger partial charge in [-0.25, -0.2) is 0 Å². The summed E-state index contributed by atoms with van der Waals surface area (Å²) >= 11 is 0. The van der Waals surface area contributed by atoms with E-state index in [1.54, 1.807) is 0 Å². The molecular formula is C18H30IN3OS. The van der Waals surface area contributed by atoms with Crippen molar-refractivity contribution in [3.05, 3.63) is 35.9 Å². The Morgan fingerprint density at radius 2 is 1.88 bits per heavy atom. The largest absolute Gasteiger partial charge is 0.355 e. The van der Waals surface area contributed by atoms with E-state index in [4.69, 9.17) is 0 Å². The molecule has 0 amide bonds. The van der Waals surface area contributed by atoms with E-state index in [1.165, 1.54) is 6.42 Å². The molecule has 1 heterocycles. The second kappa shape index (κ2) is 11.1. The molecule has 1 saturated heterocycles. The quantitative estimate of drug-likeness (QED) is 0.415. The molecule has 1 N–H and O–H groups in total. The third kappa shape index (κ3) is 7.09. The number of hydrogen-bond acceptors (Lipinski definition) is 2. The lowest BCUT2D eigenvalue weighted by molar-refractivity contribution is 0.209. The fourth-order valence-corrected chi connectivity index (χ4v) is 4.32. The second-order valence-corrected chi connectivity index (χ2v) is 8.18. The van der Waals surface area contributed by atoms with Gasteiger partial charge in [0.1, 0.15) is 0 Å². The van der Waals surface area contributed by atoms with Gasteiger partial charge in [0.15, 0.2) is 5.96 Å². The average molecular weight is 463 g/mol. The summed E-state index contributed by atoms with van der Waals surface area (Å²) in [5.41, 5.74) is 1.13. The van der Waals surface area contributed by atoms with Gasteiger partial charge in [0, 0.05) is 49.0 Å². The number of benzene rings is 1. The third-order valence-electron chi connectivity index (χ3n) is 4.16. The summed E-state index contributed by atoms with van der Waals surface area (Å²) < 4.78 is 12.2. The van der Waals surface area contributed by atoms with Crippen LogP contribution < -0.4 is 5.32 Å². The molecule has 3 unspecified atom stereocenters. The average Bonchev–Trinajstić information content (AvgIpc) is 2.51. The molecule has 136 valence electrons. The van der Waals surface area contributed by atoms with Crippen LogP contribution in [0.1, 0.15) is 25.8 Å². The maximum atomic E-state index is 12.2. The maximum absolute atomic E-state index is 12.2. The molecule has 24 heavy (non-hydrogen) atoms. The molecule has 1 aromatic rings. The molecule has 0 aromatic heterocycles. The molecule has 1 fully saturated rings. The summed E-state index contributed by atoms with van der Waals surface area (Å²) in [5.74, 6) is 3.61. The van der Waals surface area contributed by atoms with Crippen LogP contribution in [0.2, 0.25) is 0 Å². The zero-order valence-corrected chi connectivity index (χ0v) is 18.1. The molecule has 2 rings (SSSR count). The topological polar surface area (TPSA) is 44.7 Å². The Morgan fingerprint density at radius 1 is 1.25 bits per heavy atom. The van der Waals surface area contributed by atoms with E-state index in [9.17, 15) is 4.21 Å². The summed E-state index contributed by atoms with van der Waals surface area (Å²) in [5, 5.41) is 3.38. The van der Waals surface area contributed by atoms with E-state index in [2.05, 4.69) is 29.1 Å². The minimum atomic E-state index is -0.844. The Balaban J connectivity index is 0.00000288. The van der Waals surface area contributed by atoms with Crippen LogP contribution >= 0.6 is 24.0 Å². The number of piperidine rings is 1. The molecule has 0 aliphatic carbocycles. The smallest absolute Gasteiger partial charge is 0.193 e. The van der Waals surface area contributed by atoms with E-state index >= 15 is 0 Å². The molecule has 6 heteroatoms. The SMILES string of the molecule is CN=C(NCCS(=O)Cc1ccccc1)N1CC(C)CC(C)C1.I. The molecular weight excluding hydrogens is 433 g/mol. The van der Waals surface area contributed by atoms with Gasteiger partial charge in [0.2, 0.25) is 0 Å². The zero-order valence-electron chi connectivity index (χ0n) is 14.9. The van der Waals surface area contributed by atoms with Gasteiger partial charge >= 0.3 is 0 Å². The van der Waals surface area contributed by atoms with Crippen molar-refractivity contribution in [1.29, 1.82) is 0 Å². The van der Waals surface area contributed by atoms with Crippen molar-refractivity contribution in [3.8, 4) is 0 Å². The number of halogens is 1. The molecule has 0 bridgehead atoms. The highest BCUT2D eigenvalue weighted by atomic mass is 127. The van der Waals surface area contributed by atoms with Crippen molar-refractivity contribution in [1.82, 2.24) is 10.2 Å². The van der Waals surface area contributed by atoms with Crippen LogP contribution in [0, 0.1) is 11.8 Å². The van der Waals surface area contributed by atoms with Gasteiger partial charge < -0.3 is 10.2 Å². The van der Waals surface area contributed by atoms with Crippen molar-refractivity contribution in [3.63, 3.8) is 0 Å².